The number of rotatable bonds is 5. The van der Waals surface area contributed by atoms with Crippen LogP contribution < -0.4 is 5.32 Å². The van der Waals surface area contributed by atoms with Gasteiger partial charge in [0, 0.05) is 48.5 Å². The number of hydrogen-bond acceptors (Lipinski definition) is 3. The van der Waals surface area contributed by atoms with E-state index < -0.39 is 0 Å². The summed E-state index contributed by atoms with van der Waals surface area (Å²) < 4.78 is 2.85. The molecule has 0 saturated heterocycles. The third kappa shape index (κ3) is 3.34. The average molecular weight is 310 g/mol. The molecule has 2 N–H and O–H groups in total. The second-order valence-electron chi connectivity index (χ2n) is 4.15. The summed E-state index contributed by atoms with van der Waals surface area (Å²) in [4.78, 5) is 0. The summed E-state index contributed by atoms with van der Waals surface area (Å²) >= 11 is 3.40. The van der Waals surface area contributed by atoms with Crippen LogP contribution in [0.15, 0.2) is 34.9 Å². The first kappa shape index (κ1) is 13.1. The van der Waals surface area contributed by atoms with Gasteiger partial charge >= 0.3 is 0 Å². The predicted molar refractivity (Wildman–Crippen MR) is 74.4 cm³/mol. The Labute approximate surface area is 115 Å². The van der Waals surface area contributed by atoms with E-state index in [1.165, 1.54) is 5.69 Å². The lowest BCUT2D eigenvalue weighted by Crippen LogP contribution is -2.18. The van der Waals surface area contributed by atoms with Crippen LogP contribution in [0.5, 0.6) is 5.75 Å². The summed E-state index contributed by atoms with van der Waals surface area (Å²) in [6, 6.07) is 7.46. The third-order valence-corrected chi connectivity index (χ3v) is 3.33. The summed E-state index contributed by atoms with van der Waals surface area (Å²) in [7, 11) is 1.94. The van der Waals surface area contributed by atoms with Crippen LogP contribution in [0.1, 0.15) is 11.3 Å². The Balaban J connectivity index is 1.82. The predicted octanol–water partition coefficient (Wildman–Crippen LogP) is 2.22. The lowest BCUT2D eigenvalue weighted by molar-refractivity contribution is 0.464. The van der Waals surface area contributed by atoms with E-state index in [4.69, 9.17) is 0 Å². The number of phenols is 1. The first-order valence-corrected chi connectivity index (χ1v) is 6.61. The van der Waals surface area contributed by atoms with Gasteiger partial charge in [0.2, 0.25) is 0 Å². The van der Waals surface area contributed by atoms with Crippen molar-refractivity contribution < 1.29 is 5.11 Å². The summed E-state index contributed by atoms with van der Waals surface area (Å²) in [5, 5.41) is 17.1. The number of nitrogens with zero attached hydrogens (tertiary/aromatic N) is 2. The Morgan fingerprint density at radius 3 is 2.94 bits per heavy atom. The molecule has 96 valence electrons. The van der Waals surface area contributed by atoms with Gasteiger partial charge in [-0.1, -0.05) is 15.9 Å². The SMILES string of the molecule is Cn1nccc1CCNCc1cc(Br)ccc1O. The smallest absolute Gasteiger partial charge is 0.120 e. The van der Waals surface area contributed by atoms with Gasteiger partial charge in [-0.3, -0.25) is 4.68 Å². The summed E-state index contributed by atoms with van der Waals surface area (Å²) in [6.45, 7) is 1.51. The number of aromatic hydroxyl groups is 1. The molecule has 0 spiro atoms. The minimum atomic E-state index is 0.325. The van der Waals surface area contributed by atoms with Gasteiger partial charge in [0.1, 0.15) is 5.75 Å². The Hall–Kier alpha value is -1.33. The highest BCUT2D eigenvalue weighted by Crippen LogP contribution is 2.21. The van der Waals surface area contributed by atoms with Gasteiger partial charge in [0.25, 0.3) is 0 Å². The topological polar surface area (TPSA) is 50.1 Å². The first-order chi connectivity index (χ1) is 8.66. The molecule has 0 fully saturated rings. The Kier molecular flexibility index (Phi) is 4.38. The molecule has 0 amide bonds. The van der Waals surface area contributed by atoms with Crippen molar-refractivity contribution >= 4 is 15.9 Å². The second-order valence-corrected chi connectivity index (χ2v) is 5.06. The normalized spacial score (nSPS) is 10.8. The van der Waals surface area contributed by atoms with Gasteiger partial charge in [-0.05, 0) is 24.3 Å². The maximum atomic E-state index is 9.69. The molecule has 0 bridgehead atoms. The molecular weight excluding hydrogens is 294 g/mol. The number of benzene rings is 1. The molecule has 4 nitrogen and oxygen atoms in total. The third-order valence-electron chi connectivity index (χ3n) is 2.84. The Morgan fingerprint density at radius 1 is 1.39 bits per heavy atom. The maximum absolute atomic E-state index is 9.69. The molecule has 2 rings (SSSR count). The highest BCUT2D eigenvalue weighted by molar-refractivity contribution is 9.10. The molecule has 1 aromatic heterocycles. The zero-order valence-electron chi connectivity index (χ0n) is 10.2. The number of aryl methyl sites for hydroxylation is 1. The van der Waals surface area contributed by atoms with E-state index >= 15 is 0 Å². The number of hydrogen-bond donors (Lipinski definition) is 2. The Morgan fingerprint density at radius 2 is 2.22 bits per heavy atom. The summed E-state index contributed by atoms with van der Waals surface area (Å²) in [5.41, 5.74) is 2.09. The minimum Gasteiger partial charge on any atom is -0.508 e. The highest BCUT2D eigenvalue weighted by atomic mass is 79.9. The van der Waals surface area contributed by atoms with Crippen LogP contribution in [0.4, 0.5) is 0 Å². The standard InChI is InChI=1S/C13H16BrN3O/c1-17-12(5-7-16-17)4-6-15-9-10-8-11(14)2-3-13(10)18/h2-3,5,7-8,15,18H,4,6,9H2,1H3. The van der Waals surface area contributed by atoms with Crippen molar-refractivity contribution in [2.24, 2.45) is 7.05 Å². The molecule has 0 saturated carbocycles. The van der Waals surface area contributed by atoms with Gasteiger partial charge < -0.3 is 10.4 Å². The van der Waals surface area contributed by atoms with Crippen LogP contribution in [-0.2, 0) is 20.0 Å². The molecule has 1 heterocycles. The van der Waals surface area contributed by atoms with Gasteiger partial charge in [-0.25, -0.2) is 0 Å². The van der Waals surface area contributed by atoms with Crippen LogP contribution in [0.2, 0.25) is 0 Å². The summed E-state index contributed by atoms with van der Waals surface area (Å²) in [6.07, 6.45) is 2.72. The van der Waals surface area contributed by atoms with E-state index in [-0.39, 0.29) is 0 Å². The molecule has 2 aromatic rings. The number of phenolic OH excluding ortho intramolecular Hbond substituents is 1. The van der Waals surface area contributed by atoms with Crippen molar-refractivity contribution in [2.75, 3.05) is 6.54 Å². The second kappa shape index (κ2) is 6.02. The van der Waals surface area contributed by atoms with Crippen molar-refractivity contribution in [3.05, 3.63) is 46.2 Å². The van der Waals surface area contributed by atoms with E-state index in [0.29, 0.717) is 12.3 Å². The molecule has 0 unspecified atom stereocenters. The maximum Gasteiger partial charge on any atom is 0.120 e. The fourth-order valence-corrected chi connectivity index (χ4v) is 2.19. The van der Waals surface area contributed by atoms with Gasteiger partial charge in [-0.2, -0.15) is 5.10 Å². The molecule has 5 heteroatoms. The van der Waals surface area contributed by atoms with Gasteiger partial charge in [0.15, 0.2) is 0 Å². The molecular formula is C13H16BrN3O. The van der Waals surface area contributed by atoms with Crippen LogP contribution in [-0.4, -0.2) is 21.4 Å². The molecule has 0 radical (unpaired) electrons. The minimum absolute atomic E-state index is 0.325. The first-order valence-electron chi connectivity index (χ1n) is 5.82. The van der Waals surface area contributed by atoms with Crippen molar-refractivity contribution in [1.29, 1.82) is 0 Å². The highest BCUT2D eigenvalue weighted by Gasteiger charge is 2.02. The van der Waals surface area contributed by atoms with E-state index in [9.17, 15) is 5.11 Å². The Bertz CT molecular complexity index is 525. The van der Waals surface area contributed by atoms with Crippen LogP contribution in [0.3, 0.4) is 0 Å². The summed E-state index contributed by atoms with van der Waals surface area (Å²) in [5.74, 6) is 0.325. The van der Waals surface area contributed by atoms with Crippen molar-refractivity contribution in [2.45, 2.75) is 13.0 Å². The van der Waals surface area contributed by atoms with E-state index in [1.807, 2.05) is 29.9 Å². The number of halogens is 1. The number of nitrogens with one attached hydrogen (secondary N) is 1. The van der Waals surface area contributed by atoms with E-state index in [0.717, 1.165) is 23.0 Å². The lowest BCUT2D eigenvalue weighted by Gasteiger charge is -2.07. The lowest BCUT2D eigenvalue weighted by atomic mass is 10.2. The molecule has 0 aliphatic rings. The van der Waals surface area contributed by atoms with E-state index in [2.05, 4.69) is 26.3 Å². The zero-order chi connectivity index (χ0) is 13.0. The van der Waals surface area contributed by atoms with Crippen molar-refractivity contribution in [3.63, 3.8) is 0 Å². The molecule has 18 heavy (non-hydrogen) atoms. The largest absolute Gasteiger partial charge is 0.508 e. The monoisotopic (exact) mass is 309 g/mol. The molecule has 1 aromatic carbocycles. The van der Waals surface area contributed by atoms with E-state index in [1.54, 1.807) is 12.3 Å². The average Bonchev–Trinajstić information content (AvgIpc) is 2.75. The molecule has 0 aliphatic carbocycles. The van der Waals surface area contributed by atoms with Crippen molar-refractivity contribution in [1.82, 2.24) is 15.1 Å². The molecule has 0 atom stereocenters. The van der Waals surface area contributed by atoms with Gasteiger partial charge in [-0.15, -0.1) is 0 Å². The van der Waals surface area contributed by atoms with Crippen LogP contribution in [0.25, 0.3) is 0 Å². The number of aromatic nitrogens is 2. The fraction of sp³-hybridized carbons (Fsp3) is 0.308. The molecule has 0 aliphatic heterocycles. The van der Waals surface area contributed by atoms with Crippen molar-refractivity contribution in [3.8, 4) is 5.75 Å². The van der Waals surface area contributed by atoms with Gasteiger partial charge in [0.05, 0.1) is 0 Å². The fourth-order valence-electron chi connectivity index (χ4n) is 1.78. The van der Waals surface area contributed by atoms with Crippen LogP contribution in [0, 0.1) is 0 Å². The van der Waals surface area contributed by atoms with Crippen LogP contribution >= 0.6 is 15.9 Å². The zero-order valence-corrected chi connectivity index (χ0v) is 11.8. The quantitative estimate of drug-likeness (QED) is 0.833.